The SMILES string of the molecule is COC(=O)C(C)c1ccnc(NS(=O)(=O)C2CC2)n1. The highest BCUT2D eigenvalue weighted by molar-refractivity contribution is 7.93. The van der Waals surface area contributed by atoms with E-state index in [0.29, 0.717) is 18.5 Å². The molecule has 1 unspecified atom stereocenters. The lowest BCUT2D eigenvalue weighted by molar-refractivity contribution is -0.142. The van der Waals surface area contributed by atoms with Gasteiger partial charge < -0.3 is 4.74 Å². The molecule has 1 fully saturated rings. The van der Waals surface area contributed by atoms with Gasteiger partial charge in [0.05, 0.1) is 24.0 Å². The molecule has 104 valence electrons. The molecule has 0 saturated heterocycles. The second-order valence-electron chi connectivity index (χ2n) is 4.40. The highest BCUT2D eigenvalue weighted by Gasteiger charge is 2.36. The maximum absolute atomic E-state index is 11.8. The topological polar surface area (TPSA) is 98.2 Å². The van der Waals surface area contributed by atoms with Crippen molar-refractivity contribution in [1.82, 2.24) is 9.97 Å². The summed E-state index contributed by atoms with van der Waals surface area (Å²) in [5, 5.41) is -0.349. The largest absolute Gasteiger partial charge is 0.469 e. The van der Waals surface area contributed by atoms with Crippen LogP contribution in [0.4, 0.5) is 5.95 Å². The van der Waals surface area contributed by atoms with Gasteiger partial charge in [-0.15, -0.1) is 0 Å². The average Bonchev–Trinajstić information content (AvgIpc) is 3.21. The Balaban J connectivity index is 2.17. The lowest BCUT2D eigenvalue weighted by atomic mass is 10.1. The van der Waals surface area contributed by atoms with E-state index >= 15 is 0 Å². The molecule has 0 bridgehead atoms. The Labute approximate surface area is 111 Å². The summed E-state index contributed by atoms with van der Waals surface area (Å²) in [6, 6.07) is 1.55. The van der Waals surface area contributed by atoms with Gasteiger partial charge in [-0.05, 0) is 25.8 Å². The van der Waals surface area contributed by atoms with Crippen LogP contribution in [-0.4, -0.2) is 36.7 Å². The Kier molecular flexibility index (Phi) is 3.70. The van der Waals surface area contributed by atoms with Crippen molar-refractivity contribution >= 4 is 21.9 Å². The molecule has 1 aliphatic rings. The first-order valence-electron chi connectivity index (χ1n) is 5.86. The molecule has 1 heterocycles. The zero-order valence-electron chi connectivity index (χ0n) is 10.7. The number of nitrogens with zero attached hydrogens (tertiary/aromatic N) is 2. The molecule has 1 atom stereocenters. The number of nitrogens with one attached hydrogen (secondary N) is 1. The number of rotatable bonds is 5. The maximum atomic E-state index is 11.8. The summed E-state index contributed by atoms with van der Waals surface area (Å²) < 4.78 is 30.4. The van der Waals surface area contributed by atoms with Crippen LogP contribution < -0.4 is 4.72 Å². The van der Waals surface area contributed by atoms with Crippen LogP contribution in [0.2, 0.25) is 0 Å². The standard InChI is InChI=1S/C11H15N3O4S/c1-7(10(15)18-2)9-5-6-12-11(13-9)14-19(16,17)8-3-4-8/h5-8H,3-4H2,1-2H3,(H,12,13,14). The molecule has 1 aromatic rings. The van der Waals surface area contributed by atoms with Crippen molar-refractivity contribution in [2.75, 3.05) is 11.8 Å². The number of anilines is 1. The van der Waals surface area contributed by atoms with Gasteiger partial charge in [-0.1, -0.05) is 0 Å². The van der Waals surface area contributed by atoms with Gasteiger partial charge in [-0.2, -0.15) is 0 Å². The number of sulfonamides is 1. The normalized spacial score (nSPS) is 16.7. The van der Waals surface area contributed by atoms with Crippen LogP contribution in [0, 0.1) is 0 Å². The van der Waals surface area contributed by atoms with Gasteiger partial charge in [-0.25, -0.2) is 18.4 Å². The Morgan fingerprint density at radius 2 is 2.21 bits per heavy atom. The van der Waals surface area contributed by atoms with Gasteiger partial charge in [0.15, 0.2) is 0 Å². The molecule has 1 aliphatic carbocycles. The van der Waals surface area contributed by atoms with Crippen molar-refractivity contribution < 1.29 is 17.9 Å². The van der Waals surface area contributed by atoms with Crippen LogP contribution in [0.25, 0.3) is 0 Å². The van der Waals surface area contributed by atoms with Gasteiger partial charge in [0.1, 0.15) is 0 Å². The molecule has 0 spiro atoms. The summed E-state index contributed by atoms with van der Waals surface area (Å²) in [6.07, 6.45) is 2.73. The summed E-state index contributed by atoms with van der Waals surface area (Å²) in [4.78, 5) is 19.3. The Hall–Kier alpha value is -1.70. The minimum absolute atomic E-state index is 0.0137. The van der Waals surface area contributed by atoms with E-state index in [1.165, 1.54) is 13.3 Å². The van der Waals surface area contributed by atoms with Gasteiger partial charge in [0, 0.05) is 6.20 Å². The van der Waals surface area contributed by atoms with Crippen LogP contribution in [-0.2, 0) is 19.6 Å². The zero-order valence-corrected chi connectivity index (χ0v) is 11.5. The van der Waals surface area contributed by atoms with Crippen LogP contribution in [0.3, 0.4) is 0 Å². The quantitative estimate of drug-likeness (QED) is 0.798. The summed E-state index contributed by atoms with van der Waals surface area (Å²) in [5.41, 5.74) is 0.412. The third kappa shape index (κ3) is 3.19. The van der Waals surface area contributed by atoms with Gasteiger partial charge >= 0.3 is 5.97 Å². The molecular weight excluding hydrogens is 270 g/mol. The molecule has 0 aromatic carbocycles. The smallest absolute Gasteiger partial charge is 0.314 e. The molecule has 1 N–H and O–H groups in total. The Morgan fingerprint density at radius 3 is 2.79 bits per heavy atom. The van der Waals surface area contributed by atoms with E-state index in [1.54, 1.807) is 13.0 Å². The molecule has 0 radical (unpaired) electrons. The molecule has 19 heavy (non-hydrogen) atoms. The number of carbonyl (C=O) groups is 1. The summed E-state index contributed by atoms with van der Waals surface area (Å²) in [7, 11) is -2.11. The number of ether oxygens (including phenoxy) is 1. The van der Waals surface area contributed by atoms with Crippen molar-refractivity contribution in [3.8, 4) is 0 Å². The zero-order chi connectivity index (χ0) is 14.0. The number of hydrogen-bond acceptors (Lipinski definition) is 6. The van der Waals surface area contributed by atoms with E-state index in [1.807, 2.05) is 0 Å². The lowest BCUT2D eigenvalue weighted by Gasteiger charge is -2.10. The molecule has 8 heteroatoms. The lowest BCUT2D eigenvalue weighted by Crippen LogP contribution is -2.20. The summed E-state index contributed by atoms with van der Waals surface area (Å²) in [5.74, 6) is -1.02. The first-order chi connectivity index (χ1) is 8.94. The van der Waals surface area contributed by atoms with Gasteiger partial charge in [-0.3, -0.25) is 9.52 Å². The second-order valence-corrected chi connectivity index (χ2v) is 6.36. The summed E-state index contributed by atoms with van der Waals surface area (Å²) in [6.45, 7) is 1.63. The predicted molar refractivity (Wildman–Crippen MR) is 68.0 cm³/mol. The highest BCUT2D eigenvalue weighted by atomic mass is 32.2. The minimum atomic E-state index is -3.40. The van der Waals surface area contributed by atoms with Crippen molar-refractivity contribution in [3.05, 3.63) is 18.0 Å². The van der Waals surface area contributed by atoms with Crippen LogP contribution >= 0.6 is 0 Å². The van der Waals surface area contributed by atoms with E-state index < -0.39 is 21.9 Å². The first-order valence-corrected chi connectivity index (χ1v) is 7.41. The van der Waals surface area contributed by atoms with E-state index in [2.05, 4.69) is 19.4 Å². The second kappa shape index (κ2) is 5.12. The Morgan fingerprint density at radius 1 is 1.53 bits per heavy atom. The predicted octanol–water partition coefficient (Wildman–Crippen LogP) is 0.657. The van der Waals surface area contributed by atoms with Crippen LogP contribution in [0.15, 0.2) is 12.3 Å². The average molecular weight is 285 g/mol. The number of carbonyl (C=O) groups excluding carboxylic acids is 1. The van der Waals surface area contributed by atoms with Crippen molar-refractivity contribution in [1.29, 1.82) is 0 Å². The fourth-order valence-electron chi connectivity index (χ4n) is 1.55. The highest BCUT2D eigenvalue weighted by Crippen LogP contribution is 2.29. The molecule has 2 rings (SSSR count). The minimum Gasteiger partial charge on any atom is -0.469 e. The van der Waals surface area contributed by atoms with Crippen molar-refractivity contribution in [2.24, 2.45) is 0 Å². The number of methoxy groups -OCH3 is 1. The van der Waals surface area contributed by atoms with Crippen molar-refractivity contribution in [3.63, 3.8) is 0 Å². The fourth-order valence-corrected chi connectivity index (χ4v) is 2.83. The Bertz CT molecular complexity index is 583. The van der Waals surface area contributed by atoms with E-state index in [9.17, 15) is 13.2 Å². The van der Waals surface area contributed by atoms with E-state index in [4.69, 9.17) is 0 Å². The molecule has 1 saturated carbocycles. The molecule has 7 nitrogen and oxygen atoms in total. The van der Waals surface area contributed by atoms with E-state index in [0.717, 1.165) is 0 Å². The van der Waals surface area contributed by atoms with Crippen LogP contribution in [0.1, 0.15) is 31.4 Å². The van der Waals surface area contributed by atoms with Gasteiger partial charge in [0.25, 0.3) is 0 Å². The molecule has 0 amide bonds. The van der Waals surface area contributed by atoms with Crippen LogP contribution in [0.5, 0.6) is 0 Å². The number of aromatic nitrogens is 2. The molecular formula is C11H15N3O4S. The first kappa shape index (κ1) is 13.7. The summed E-state index contributed by atoms with van der Waals surface area (Å²) >= 11 is 0. The maximum Gasteiger partial charge on any atom is 0.314 e. The van der Waals surface area contributed by atoms with Gasteiger partial charge in [0.2, 0.25) is 16.0 Å². The van der Waals surface area contributed by atoms with Crippen molar-refractivity contribution in [2.45, 2.75) is 30.9 Å². The molecule has 1 aromatic heterocycles. The monoisotopic (exact) mass is 285 g/mol. The molecule has 0 aliphatic heterocycles. The van der Waals surface area contributed by atoms with E-state index in [-0.39, 0.29) is 11.2 Å². The third-order valence-electron chi connectivity index (χ3n) is 2.87. The fraction of sp³-hybridized carbons (Fsp3) is 0.545. The number of esters is 1. The number of hydrogen-bond donors (Lipinski definition) is 1. The third-order valence-corrected chi connectivity index (χ3v) is 4.69.